The molecule has 2 aromatic heterocycles. The second kappa shape index (κ2) is 6.82. The van der Waals surface area contributed by atoms with Crippen molar-refractivity contribution in [1.82, 2.24) is 30.0 Å². The molecule has 7 heteroatoms. The van der Waals surface area contributed by atoms with E-state index < -0.39 is 0 Å². The highest BCUT2D eigenvalue weighted by molar-refractivity contribution is 5.80. The molecule has 2 amide bonds. The summed E-state index contributed by atoms with van der Waals surface area (Å²) < 4.78 is 1.95. The van der Waals surface area contributed by atoms with E-state index in [9.17, 15) is 4.79 Å². The van der Waals surface area contributed by atoms with Gasteiger partial charge in [0.15, 0.2) is 5.82 Å². The molecule has 2 heterocycles. The fourth-order valence-electron chi connectivity index (χ4n) is 3.33. The minimum atomic E-state index is -0.182. The van der Waals surface area contributed by atoms with Crippen LogP contribution in [0.5, 0.6) is 0 Å². The van der Waals surface area contributed by atoms with Gasteiger partial charge in [0.05, 0.1) is 6.04 Å². The molecule has 0 saturated heterocycles. The van der Waals surface area contributed by atoms with E-state index in [2.05, 4.69) is 44.8 Å². The smallest absolute Gasteiger partial charge is 0.318 e. The zero-order chi connectivity index (χ0) is 18.1. The Balaban J connectivity index is 1.48. The molecular formula is C19H24N6O. The number of nitrogens with one attached hydrogen (secondary N) is 2. The number of hydrogen-bond donors (Lipinski definition) is 2. The largest absolute Gasteiger partial charge is 0.361 e. The van der Waals surface area contributed by atoms with Gasteiger partial charge < -0.3 is 19.8 Å². The molecule has 26 heavy (non-hydrogen) atoms. The van der Waals surface area contributed by atoms with Gasteiger partial charge in [0.2, 0.25) is 0 Å². The van der Waals surface area contributed by atoms with Gasteiger partial charge in [-0.1, -0.05) is 6.07 Å². The van der Waals surface area contributed by atoms with Crippen LogP contribution >= 0.6 is 0 Å². The zero-order valence-corrected chi connectivity index (χ0v) is 15.1. The quantitative estimate of drug-likeness (QED) is 0.715. The maximum Gasteiger partial charge on any atom is 0.318 e. The van der Waals surface area contributed by atoms with Gasteiger partial charge in [0.25, 0.3) is 0 Å². The van der Waals surface area contributed by atoms with E-state index in [1.54, 1.807) is 6.33 Å². The van der Waals surface area contributed by atoms with E-state index in [-0.39, 0.29) is 12.1 Å². The monoisotopic (exact) mass is 352 g/mol. The number of aromatic nitrogens is 4. The number of aromatic amines is 1. The van der Waals surface area contributed by atoms with Crippen LogP contribution in [0, 0.1) is 0 Å². The van der Waals surface area contributed by atoms with Crippen LogP contribution in [-0.2, 0) is 13.1 Å². The molecule has 136 valence electrons. The Bertz CT molecular complexity index is 910. The van der Waals surface area contributed by atoms with Crippen LogP contribution in [0.4, 0.5) is 4.79 Å². The molecule has 0 spiro atoms. The van der Waals surface area contributed by atoms with Gasteiger partial charge in [0.1, 0.15) is 6.33 Å². The summed E-state index contributed by atoms with van der Waals surface area (Å²) in [7, 11) is 0. The van der Waals surface area contributed by atoms with Crippen LogP contribution < -0.4 is 5.32 Å². The predicted octanol–water partition coefficient (Wildman–Crippen LogP) is 3.21. The number of H-pyrrole nitrogens is 1. The number of fused-ring (bicyclic) bond motifs is 1. The molecule has 1 saturated carbocycles. The first kappa shape index (κ1) is 16.6. The molecule has 0 radical (unpaired) electrons. The summed E-state index contributed by atoms with van der Waals surface area (Å²) in [6.45, 7) is 5.39. The van der Waals surface area contributed by atoms with Crippen molar-refractivity contribution < 1.29 is 4.79 Å². The van der Waals surface area contributed by atoms with E-state index in [0.29, 0.717) is 12.6 Å². The number of nitrogens with zero attached hydrogens (tertiary/aromatic N) is 4. The molecule has 2 N–H and O–H groups in total. The SMILES string of the molecule is CCn1cnnc1[C@@H](C)NC(=O)N(Cc1ccc2[nH]ccc2c1)C1CC1. The molecule has 1 atom stereocenters. The number of hydrogen-bond acceptors (Lipinski definition) is 3. The number of rotatable bonds is 6. The van der Waals surface area contributed by atoms with Gasteiger partial charge in [0, 0.05) is 30.8 Å². The molecule has 1 aromatic carbocycles. The van der Waals surface area contributed by atoms with E-state index >= 15 is 0 Å². The van der Waals surface area contributed by atoms with Crippen molar-refractivity contribution in [2.45, 2.75) is 51.9 Å². The Morgan fingerprint density at radius 1 is 1.42 bits per heavy atom. The summed E-state index contributed by atoms with van der Waals surface area (Å²) in [5.74, 6) is 0.783. The first-order valence-corrected chi connectivity index (χ1v) is 9.16. The van der Waals surface area contributed by atoms with Crippen LogP contribution in [0.25, 0.3) is 10.9 Å². The maximum absolute atomic E-state index is 12.9. The highest BCUT2D eigenvalue weighted by atomic mass is 16.2. The standard InChI is InChI=1S/C19H24N6O/c1-3-24-12-21-23-18(24)13(2)22-19(26)25(16-5-6-16)11-14-4-7-17-15(10-14)8-9-20-17/h4,7-10,12-13,16,20H,3,5-6,11H2,1-2H3,(H,22,26)/t13-/m1/s1. The topological polar surface area (TPSA) is 78.8 Å². The highest BCUT2D eigenvalue weighted by Gasteiger charge is 2.33. The third-order valence-electron chi connectivity index (χ3n) is 4.93. The Labute approximate surface area is 152 Å². The average molecular weight is 352 g/mol. The molecule has 3 aromatic rings. The second-order valence-electron chi connectivity index (χ2n) is 6.90. The van der Waals surface area contributed by atoms with Crippen LogP contribution in [0.15, 0.2) is 36.8 Å². The summed E-state index contributed by atoms with van der Waals surface area (Å²) in [5.41, 5.74) is 2.26. The van der Waals surface area contributed by atoms with Gasteiger partial charge in [-0.2, -0.15) is 0 Å². The van der Waals surface area contributed by atoms with E-state index in [0.717, 1.165) is 36.3 Å². The lowest BCUT2D eigenvalue weighted by Crippen LogP contribution is -2.42. The number of benzene rings is 1. The lowest BCUT2D eigenvalue weighted by molar-refractivity contribution is 0.188. The maximum atomic E-state index is 12.9. The molecule has 1 aliphatic carbocycles. The molecule has 4 rings (SSSR count). The third-order valence-corrected chi connectivity index (χ3v) is 4.93. The molecule has 0 unspecified atom stereocenters. The summed E-state index contributed by atoms with van der Waals surface area (Å²) in [4.78, 5) is 18.0. The van der Waals surface area contributed by atoms with Gasteiger partial charge in [-0.15, -0.1) is 10.2 Å². The van der Waals surface area contributed by atoms with Crippen molar-refractivity contribution in [3.8, 4) is 0 Å². The Kier molecular flexibility index (Phi) is 4.36. The number of amides is 2. The molecule has 1 fully saturated rings. The van der Waals surface area contributed by atoms with Crippen LogP contribution in [0.2, 0.25) is 0 Å². The lowest BCUT2D eigenvalue weighted by atomic mass is 10.1. The van der Waals surface area contributed by atoms with Crippen molar-refractivity contribution in [2.75, 3.05) is 0 Å². The highest BCUT2D eigenvalue weighted by Crippen LogP contribution is 2.29. The average Bonchev–Trinajstić information content (AvgIpc) is 3.18. The fourth-order valence-corrected chi connectivity index (χ4v) is 3.33. The minimum absolute atomic E-state index is 0.0418. The Morgan fingerprint density at radius 2 is 2.27 bits per heavy atom. The third kappa shape index (κ3) is 3.29. The van der Waals surface area contributed by atoms with Crippen LogP contribution in [-0.4, -0.2) is 36.7 Å². The van der Waals surface area contributed by atoms with Crippen molar-refractivity contribution in [3.05, 3.63) is 48.2 Å². The van der Waals surface area contributed by atoms with E-state index in [1.165, 1.54) is 5.39 Å². The number of carbonyl (C=O) groups excluding carboxylic acids is 1. The van der Waals surface area contributed by atoms with E-state index in [4.69, 9.17) is 0 Å². The number of carbonyl (C=O) groups is 1. The summed E-state index contributed by atoms with van der Waals surface area (Å²) in [5, 5.41) is 12.4. The zero-order valence-electron chi connectivity index (χ0n) is 15.1. The molecule has 0 bridgehead atoms. The van der Waals surface area contributed by atoms with Crippen LogP contribution in [0.3, 0.4) is 0 Å². The van der Waals surface area contributed by atoms with E-state index in [1.807, 2.05) is 29.5 Å². The first-order valence-electron chi connectivity index (χ1n) is 9.16. The van der Waals surface area contributed by atoms with Crippen molar-refractivity contribution in [3.63, 3.8) is 0 Å². The molecule has 7 nitrogen and oxygen atoms in total. The Morgan fingerprint density at radius 3 is 3.04 bits per heavy atom. The first-order chi connectivity index (χ1) is 12.7. The predicted molar refractivity (Wildman–Crippen MR) is 99.5 cm³/mol. The minimum Gasteiger partial charge on any atom is -0.361 e. The Hall–Kier alpha value is -2.83. The van der Waals surface area contributed by atoms with Gasteiger partial charge >= 0.3 is 6.03 Å². The van der Waals surface area contributed by atoms with Crippen LogP contribution in [0.1, 0.15) is 44.1 Å². The van der Waals surface area contributed by atoms with Crippen molar-refractivity contribution in [2.24, 2.45) is 0 Å². The number of urea groups is 1. The summed E-state index contributed by atoms with van der Waals surface area (Å²) >= 11 is 0. The van der Waals surface area contributed by atoms with Gasteiger partial charge in [-0.25, -0.2) is 4.79 Å². The summed E-state index contributed by atoms with van der Waals surface area (Å²) in [6.07, 6.45) is 5.77. The van der Waals surface area contributed by atoms with Crippen molar-refractivity contribution in [1.29, 1.82) is 0 Å². The molecule has 1 aliphatic rings. The van der Waals surface area contributed by atoms with Gasteiger partial charge in [-0.3, -0.25) is 0 Å². The second-order valence-corrected chi connectivity index (χ2v) is 6.90. The fraction of sp³-hybridized carbons (Fsp3) is 0.421. The normalized spacial score (nSPS) is 15.2. The number of aryl methyl sites for hydroxylation is 1. The van der Waals surface area contributed by atoms with Gasteiger partial charge in [-0.05, 0) is 55.8 Å². The molecule has 0 aliphatic heterocycles. The summed E-state index contributed by atoms with van der Waals surface area (Å²) in [6, 6.07) is 8.45. The molecular weight excluding hydrogens is 328 g/mol. The lowest BCUT2D eigenvalue weighted by Gasteiger charge is -2.25. The van der Waals surface area contributed by atoms with Crippen molar-refractivity contribution >= 4 is 16.9 Å².